The summed E-state index contributed by atoms with van der Waals surface area (Å²) in [5, 5.41) is 13.2. The first kappa shape index (κ1) is 14.0. The Kier molecular flexibility index (Phi) is 5.97. The highest BCUT2D eigenvalue weighted by atomic mass is 35.5. The number of rotatable bonds is 6. The van der Waals surface area contributed by atoms with Crippen molar-refractivity contribution in [3.8, 4) is 0 Å². The molecule has 1 aromatic carbocycles. The molecular formula is C12H16ClNO3. The van der Waals surface area contributed by atoms with Crippen LogP contribution in [0, 0.1) is 0 Å². The highest BCUT2D eigenvalue weighted by Gasteiger charge is 2.11. The van der Waals surface area contributed by atoms with Gasteiger partial charge >= 0.3 is 5.97 Å². The molecule has 0 aliphatic heterocycles. The van der Waals surface area contributed by atoms with Crippen molar-refractivity contribution in [3.63, 3.8) is 0 Å². The molecule has 0 bridgehead atoms. The van der Waals surface area contributed by atoms with Crippen molar-refractivity contribution in [3.05, 3.63) is 34.9 Å². The molecule has 0 aliphatic carbocycles. The molecule has 1 rings (SSSR count). The van der Waals surface area contributed by atoms with Crippen LogP contribution in [0.3, 0.4) is 0 Å². The Balaban J connectivity index is 2.38. The third-order valence-electron chi connectivity index (χ3n) is 2.18. The molecule has 0 radical (unpaired) electrons. The second kappa shape index (κ2) is 7.27. The number of aliphatic hydroxyl groups excluding tert-OH is 1. The molecule has 4 nitrogen and oxygen atoms in total. The fraction of sp³-hybridized carbons (Fsp3) is 0.417. The summed E-state index contributed by atoms with van der Waals surface area (Å²) in [5.74, 6) is -0.334. The number of nitrogens with one attached hydrogen (secondary N) is 1. The van der Waals surface area contributed by atoms with Crippen LogP contribution >= 0.6 is 11.6 Å². The second-order valence-electron chi connectivity index (χ2n) is 3.47. The van der Waals surface area contributed by atoms with Crippen LogP contribution in [0.4, 0.5) is 0 Å². The maximum absolute atomic E-state index is 11.0. The van der Waals surface area contributed by atoms with Crippen LogP contribution in [0.5, 0.6) is 0 Å². The Morgan fingerprint density at radius 3 is 2.88 bits per heavy atom. The predicted molar refractivity (Wildman–Crippen MR) is 65.9 cm³/mol. The van der Waals surface area contributed by atoms with Gasteiger partial charge in [0.15, 0.2) is 0 Å². The zero-order valence-electron chi connectivity index (χ0n) is 9.65. The van der Waals surface area contributed by atoms with Crippen molar-refractivity contribution in [1.82, 2.24) is 5.32 Å². The molecule has 0 amide bonds. The van der Waals surface area contributed by atoms with Crippen molar-refractivity contribution in [2.24, 2.45) is 0 Å². The minimum absolute atomic E-state index is 0.0787. The van der Waals surface area contributed by atoms with Crippen molar-refractivity contribution in [1.29, 1.82) is 0 Å². The lowest BCUT2D eigenvalue weighted by atomic mass is 10.1. The topological polar surface area (TPSA) is 58.6 Å². The normalized spacial score (nSPS) is 12.2. The fourth-order valence-corrected chi connectivity index (χ4v) is 1.64. The molecule has 0 saturated heterocycles. The summed E-state index contributed by atoms with van der Waals surface area (Å²) in [5.41, 5.74) is 0.644. The van der Waals surface area contributed by atoms with Crippen molar-refractivity contribution < 1.29 is 14.6 Å². The maximum atomic E-state index is 11.0. The summed E-state index contributed by atoms with van der Waals surface area (Å²) >= 11 is 5.93. The zero-order valence-corrected chi connectivity index (χ0v) is 10.4. The van der Waals surface area contributed by atoms with Gasteiger partial charge in [0.05, 0.1) is 19.3 Å². The molecule has 0 fully saturated rings. The van der Waals surface area contributed by atoms with E-state index in [1.54, 1.807) is 31.2 Å². The highest BCUT2D eigenvalue weighted by Crippen LogP contribution is 2.21. The van der Waals surface area contributed by atoms with E-state index in [0.29, 0.717) is 17.2 Å². The van der Waals surface area contributed by atoms with Gasteiger partial charge in [-0.3, -0.25) is 4.79 Å². The molecule has 1 aromatic rings. The highest BCUT2D eigenvalue weighted by molar-refractivity contribution is 6.31. The third-order valence-corrected chi connectivity index (χ3v) is 2.52. The van der Waals surface area contributed by atoms with Gasteiger partial charge in [0.1, 0.15) is 0 Å². The Morgan fingerprint density at radius 1 is 1.53 bits per heavy atom. The Bertz CT molecular complexity index is 371. The van der Waals surface area contributed by atoms with Crippen LogP contribution in [0.2, 0.25) is 5.02 Å². The lowest BCUT2D eigenvalue weighted by Crippen LogP contribution is -2.28. The molecule has 17 heavy (non-hydrogen) atoms. The van der Waals surface area contributed by atoms with Crippen LogP contribution < -0.4 is 5.32 Å². The summed E-state index contributed by atoms with van der Waals surface area (Å²) < 4.78 is 4.74. The van der Waals surface area contributed by atoms with Gasteiger partial charge in [-0.05, 0) is 13.0 Å². The van der Waals surface area contributed by atoms with E-state index >= 15 is 0 Å². The predicted octanol–water partition coefficient (Wildman–Crippen LogP) is 1.53. The monoisotopic (exact) mass is 257 g/mol. The molecule has 0 aromatic heterocycles. The van der Waals surface area contributed by atoms with Gasteiger partial charge in [0, 0.05) is 17.1 Å². The maximum Gasteiger partial charge on any atom is 0.319 e. The zero-order chi connectivity index (χ0) is 12.7. The molecule has 94 valence electrons. The van der Waals surface area contributed by atoms with Crippen LogP contribution in [-0.2, 0) is 9.53 Å². The second-order valence-corrected chi connectivity index (χ2v) is 3.88. The first-order valence-electron chi connectivity index (χ1n) is 5.44. The number of benzene rings is 1. The van der Waals surface area contributed by atoms with Crippen molar-refractivity contribution >= 4 is 17.6 Å². The number of carbonyl (C=O) groups is 1. The average Bonchev–Trinajstić information content (AvgIpc) is 2.29. The molecule has 1 atom stereocenters. The number of hydrogen-bond donors (Lipinski definition) is 2. The lowest BCUT2D eigenvalue weighted by molar-refractivity contribution is -0.142. The van der Waals surface area contributed by atoms with Crippen LogP contribution in [0.25, 0.3) is 0 Å². The van der Waals surface area contributed by atoms with Crippen molar-refractivity contribution in [2.45, 2.75) is 13.0 Å². The minimum atomic E-state index is -0.738. The molecule has 1 unspecified atom stereocenters. The summed E-state index contributed by atoms with van der Waals surface area (Å²) in [6.45, 7) is 2.43. The number of esters is 1. The summed E-state index contributed by atoms with van der Waals surface area (Å²) in [6, 6.07) is 7.06. The minimum Gasteiger partial charge on any atom is -0.465 e. The van der Waals surface area contributed by atoms with Crippen molar-refractivity contribution in [2.75, 3.05) is 19.7 Å². The SMILES string of the molecule is CCOC(=O)CNCC(O)c1ccccc1Cl. The van der Waals surface area contributed by atoms with Gasteiger partial charge in [-0.25, -0.2) is 0 Å². The third kappa shape index (κ3) is 4.73. The van der Waals surface area contributed by atoms with E-state index in [4.69, 9.17) is 16.3 Å². The Hall–Kier alpha value is -1.10. The van der Waals surface area contributed by atoms with Crippen LogP contribution in [-0.4, -0.2) is 30.8 Å². The van der Waals surface area contributed by atoms with Gasteiger partial charge in [0.25, 0.3) is 0 Å². The number of halogens is 1. The molecule has 5 heteroatoms. The first-order chi connectivity index (χ1) is 8.15. The number of hydrogen-bond acceptors (Lipinski definition) is 4. The standard InChI is InChI=1S/C12H16ClNO3/c1-2-17-12(16)8-14-7-11(15)9-5-3-4-6-10(9)13/h3-6,11,14-15H,2,7-8H2,1H3. The molecule has 0 saturated carbocycles. The van der Waals surface area contributed by atoms with E-state index in [1.807, 2.05) is 0 Å². The summed E-state index contributed by atoms with van der Waals surface area (Å²) in [7, 11) is 0. The van der Waals surface area contributed by atoms with Gasteiger partial charge in [-0.2, -0.15) is 0 Å². The number of aliphatic hydroxyl groups is 1. The van der Waals surface area contributed by atoms with Gasteiger partial charge < -0.3 is 15.2 Å². The van der Waals surface area contributed by atoms with E-state index in [1.165, 1.54) is 0 Å². The molecule has 0 spiro atoms. The van der Waals surface area contributed by atoms with Gasteiger partial charge in [-0.15, -0.1) is 0 Å². The number of carbonyl (C=O) groups excluding carboxylic acids is 1. The van der Waals surface area contributed by atoms with E-state index in [9.17, 15) is 9.90 Å². The van der Waals surface area contributed by atoms with E-state index < -0.39 is 6.10 Å². The molecule has 0 aliphatic rings. The number of ether oxygens (including phenoxy) is 1. The van der Waals surface area contributed by atoms with Gasteiger partial charge in [0.2, 0.25) is 0 Å². The first-order valence-corrected chi connectivity index (χ1v) is 5.81. The Labute approximate surface area is 106 Å². The molecule has 0 heterocycles. The fourth-order valence-electron chi connectivity index (χ4n) is 1.38. The molecular weight excluding hydrogens is 242 g/mol. The van der Waals surface area contributed by atoms with E-state index in [-0.39, 0.29) is 19.1 Å². The molecule has 2 N–H and O–H groups in total. The quantitative estimate of drug-likeness (QED) is 0.759. The lowest BCUT2D eigenvalue weighted by Gasteiger charge is -2.13. The van der Waals surface area contributed by atoms with Gasteiger partial charge in [-0.1, -0.05) is 29.8 Å². The van der Waals surface area contributed by atoms with E-state index in [0.717, 1.165) is 0 Å². The average molecular weight is 258 g/mol. The van der Waals surface area contributed by atoms with Crippen LogP contribution in [0.1, 0.15) is 18.6 Å². The smallest absolute Gasteiger partial charge is 0.319 e. The Morgan fingerprint density at radius 2 is 2.24 bits per heavy atom. The summed E-state index contributed by atoms with van der Waals surface area (Å²) in [6.07, 6.45) is -0.738. The summed E-state index contributed by atoms with van der Waals surface area (Å²) in [4.78, 5) is 11.0. The largest absolute Gasteiger partial charge is 0.465 e. The van der Waals surface area contributed by atoms with E-state index in [2.05, 4.69) is 5.32 Å². The van der Waals surface area contributed by atoms with Crippen LogP contribution in [0.15, 0.2) is 24.3 Å².